The van der Waals surface area contributed by atoms with Gasteiger partial charge in [-0.25, -0.2) is 0 Å². The Hall–Kier alpha value is -3.63. The smallest absolute Gasteiger partial charge is 0.260 e. The maximum atomic E-state index is 12.8. The van der Waals surface area contributed by atoms with E-state index in [0.717, 1.165) is 5.56 Å². The highest BCUT2D eigenvalue weighted by molar-refractivity contribution is 6.14. The minimum Gasteiger partial charge on any atom is -0.493 e. The fraction of sp³-hybridized carbons (Fsp3) is 0.292. The van der Waals surface area contributed by atoms with Crippen LogP contribution in [-0.2, 0) is 9.53 Å². The Kier molecular flexibility index (Phi) is 7.41. The zero-order chi connectivity index (χ0) is 22.2. The molecule has 160 valence electrons. The Morgan fingerprint density at radius 2 is 1.90 bits per heavy atom. The average molecular weight is 420 g/mol. The van der Waals surface area contributed by atoms with Gasteiger partial charge in [0.2, 0.25) is 5.78 Å². The number of morpholine rings is 1. The molecule has 0 N–H and O–H groups in total. The monoisotopic (exact) mass is 420 g/mol. The molecule has 2 aromatic carbocycles. The van der Waals surface area contributed by atoms with Gasteiger partial charge in [-0.1, -0.05) is 30.3 Å². The summed E-state index contributed by atoms with van der Waals surface area (Å²) in [5.41, 5.74) is 1.93. The summed E-state index contributed by atoms with van der Waals surface area (Å²) >= 11 is 0. The molecule has 1 heterocycles. The number of nitrogens with zero attached hydrogens (tertiary/aromatic N) is 2. The summed E-state index contributed by atoms with van der Waals surface area (Å²) in [6.07, 6.45) is 1.51. The summed E-state index contributed by atoms with van der Waals surface area (Å²) in [6, 6.07) is 14.2. The van der Waals surface area contributed by atoms with Crippen molar-refractivity contribution in [3.8, 4) is 17.6 Å². The summed E-state index contributed by atoms with van der Waals surface area (Å²) < 4.78 is 16.3. The summed E-state index contributed by atoms with van der Waals surface area (Å²) in [4.78, 5) is 26.7. The largest absolute Gasteiger partial charge is 0.493 e. The molecule has 0 bridgehead atoms. The number of carbonyl (C=O) groups excluding carboxylic acids is 2. The van der Waals surface area contributed by atoms with Crippen LogP contribution in [0.15, 0.2) is 48.0 Å². The highest BCUT2D eigenvalue weighted by Crippen LogP contribution is 2.29. The van der Waals surface area contributed by atoms with E-state index >= 15 is 0 Å². The van der Waals surface area contributed by atoms with Crippen LogP contribution in [0.4, 0.5) is 0 Å². The van der Waals surface area contributed by atoms with Gasteiger partial charge in [0, 0.05) is 18.7 Å². The van der Waals surface area contributed by atoms with Crippen LogP contribution in [0.25, 0.3) is 6.08 Å². The zero-order valence-corrected chi connectivity index (χ0v) is 17.6. The van der Waals surface area contributed by atoms with Gasteiger partial charge in [-0.15, -0.1) is 0 Å². The van der Waals surface area contributed by atoms with E-state index in [1.807, 2.05) is 25.1 Å². The third-order valence-electron chi connectivity index (χ3n) is 4.97. The molecular weight excluding hydrogens is 396 g/mol. The quantitative estimate of drug-likeness (QED) is 0.389. The normalized spacial score (nSPS) is 14.0. The Balaban J connectivity index is 1.75. The maximum Gasteiger partial charge on any atom is 0.260 e. The molecule has 7 heteroatoms. The van der Waals surface area contributed by atoms with Gasteiger partial charge in [0.05, 0.1) is 20.3 Å². The highest BCUT2D eigenvalue weighted by Gasteiger charge is 2.18. The lowest BCUT2D eigenvalue weighted by Crippen LogP contribution is -2.43. The van der Waals surface area contributed by atoms with Gasteiger partial charge in [0.15, 0.2) is 18.1 Å². The number of amides is 1. The number of ketones is 1. The second-order valence-electron chi connectivity index (χ2n) is 7.01. The number of nitriles is 1. The Bertz CT molecular complexity index is 1030. The number of Topliss-reactive ketones (excluding diaryl/α,β-unsaturated/α-hetero) is 1. The fourth-order valence-corrected chi connectivity index (χ4v) is 3.22. The van der Waals surface area contributed by atoms with Gasteiger partial charge in [0.25, 0.3) is 5.91 Å². The number of allylic oxidation sites excluding steroid dienone is 1. The summed E-state index contributed by atoms with van der Waals surface area (Å²) in [5, 5.41) is 9.51. The van der Waals surface area contributed by atoms with Gasteiger partial charge in [-0.05, 0) is 36.3 Å². The van der Waals surface area contributed by atoms with Crippen LogP contribution in [0.3, 0.4) is 0 Å². The van der Waals surface area contributed by atoms with Gasteiger partial charge in [0.1, 0.15) is 11.6 Å². The van der Waals surface area contributed by atoms with Crippen LogP contribution in [0.5, 0.6) is 11.5 Å². The first-order valence-electron chi connectivity index (χ1n) is 9.92. The minimum absolute atomic E-state index is 0.0208. The van der Waals surface area contributed by atoms with E-state index in [4.69, 9.17) is 14.2 Å². The first-order valence-corrected chi connectivity index (χ1v) is 9.92. The molecule has 0 atom stereocenters. The second kappa shape index (κ2) is 10.4. The maximum absolute atomic E-state index is 12.8. The molecule has 1 saturated heterocycles. The molecule has 0 aliphatic carbocycles. The Labute approximate surface area is 181 Å². The Morgan fingerprint density at radius 3 is 2.58 bits per heavy atom. The van der Waals surface area contributed by atoms with E-state index in [0.29, 0.717) is 48.9 Å². The number of ether oxygens (including phenoxy) is 3. The lowest BCUT2D eigenvalue weighted by Gasteiger charge is -2.26. The predicted octanol–water partition coefficient (Wildman–Crippen LogP) is 3.03. The number of hydrogen-bond acceptors (Lipinski definition) is 6. The molecule has 0 saturated carbocycles. The van der Waals surface area contributed by atoms with E-state index in [1.54, 1.807) is 35.2 Å². The summed E-state index contributed by atoms with van der Waals surface area (Å²) in [7, 11) is 1.49. The molecule has 1 fully saturated rings. The van der Waals surface area contributed by atoms with Gasteiger partial charge in [-0.2, -0.15) is 5.26 Å². The van der Waals surface area contributed by atoms with Crippen molar-refractivity contribution < 1.29 is 23.8 Å². The van der Waals surface area contributed by atoms with Gasteiger partial charge in [-0.3, -0.25) is 9.59 Å². The predicted molar refractivity (Wildman–Crippen MR) is 115 cm³/mol. The number of hydrogen-bond donors (Lipinski definition) is 0. The highest BCUT2D eigenvalue weighted by atomic mass is 16.5. The molecule has 7 nitrogen and oxygen atoms in total. The standard InChI is InChI=1S/C24H24N2O5/c1-17-5-3-4-6-20(17)24(28)19(15-25)13-18-7-8-21(22(14-18)29-2)31-16-23(27)26-9-11-30-12-10-26/h3-8,13-14H,9-12,16H2,1-2H3/b19-13+. The molecule has 3 rings (SSSR count). The lowest BCUT2D eigenvalue weighted by molar-refractivity contribution is -0.137. The van der Waals surface area contributed by atoms with Crippen LogP contribution in [0.2, 0.25) is 0 Å². The van der Waals surface area contributed by atoms with Crippen molar-refractivity contribution in [2.24, 2.45) is 0 Å². The van der Waals surface area contributed by atoms with Crippen LogP contribution < -0.4 is 9.47 Å². The molecule has 0 spiro atoms. The molecule has 0 unspecified atom stereocenters. The Morgan fingerprint density at radius 1 is 1.16 bits per heavy atom. The molecule has 2 aromatic rings. The molecular formula is C24H24N2O5. The average Bonchev–Trinajstić information content (AvgIpc) is 2.81. The van der Waals surface area contributed by atoms with Crippen LogP contribution in [0, 0.1) is 18.3 Å². The van der Waals surface area contributed by atoms with Crippen molar-refractivity contribution in [3.05, 3.63) is 64.7 Å². The number of methoxy groups -OCH3 is 1. The van der Waals surface area contributed by atoms with Crippen molar-refractivity contribution >= 4 is 17.8 Å². The molecule has 31 heavy (non-hydrogen) atoms. The van der Waals surface area contributed by atoms with Crippen LogP contribution in [0.1, 0.15) is 21.5 Å². The first-order chi connectivity index (χ1) is 15.0. The van der Waals surface area contributed by atoms with Gasteiger partial charge < -0.3 is 19.1 Å². The van der Waals surface area contributed by atoms with Gasteiger partial charge >= 0.3 is 0 Å². The van der Waals surface area contributed by atoms with E-state index in [2.05, 4.69) is 0 Å². The zero-order valence-electron chi connectivity index (χ0n) is 17.6. The summed E-state index contributed by atoms with van der Waals surface area (Å²) in [6.45, 7) is 3.87. The van der Waals surface area contributed by atoms with Crippen molar-refractivity contribution in [1.82, 2.24) is 4.90 Å². The van der Waals surface area contributed by atoms with E-state index in [1.165, 1.54) is 13.2 Å². The molecule has 1 amide bonds. The minimum atomic E-state index is -0.337. The second-order valence-corrected chi connectivity index (χ2v) is 7.01. The fourth-order valence-electron chi connectivity index (χ4n) is 3.22. The van der Waals surface area contributed by atoms with E-state index < -0.39 is 0 Å². The molecule has 1 aliphatic rings. The number of benzene rings is 2. The SMILES string of the molecule is COc1cc(/C=C(\C#N)C(=O)c2ccccc2C)ccc1OCC(=O)N1CCOCC1. The third-order valence-corrected chi connectivity index (χ3v) is 4.97. The lowest BCUT2D eigenvalue weighted by atomic mass is 9.98. The number of aryl methyl sites for hydroxylation is 1. The molecule has 0 aromatic heterocycles. The first kappa shape index (κ1) is 22.1. The van der Waals surface area contributed by atoms with Crippen LogP contribution in [-0.4, -0.2) is 56.6 Å². The summed E-state index contributed by atoms with van der Waals surface area (Å²) in [5.74, 6) is 0.357. The molecule has 0 radical (unpaired) electrons. The topological polar surface area (TPSA) is 88.9 Å². The van der Waals surface area contributed by atoms with Crippen molar-refractivity contribution in [2.75, 3.05) is 40.0 Å². The number of carbonyl (C=O) groups is 2. The van der Waals surface area contributed by atoms with E-state index in [-0.39, 0.29) is 23.9 Å². The van der Waals surface area contributed by atoms with Crippen LogP contribution >= 0.6 is 0 Å². The van der Waals surface area contributed by atoms with Crippen molar-refractivity contribution in [2.45, 2.75) is 6.92 Å². The van der Waals surface area contributed by atoms with E-state index in [9.17, 15) is 14.9 Å². The van der Waals surface area contributed by atoms with Crippen molar-refractivity contribution in [3.63, 3.8) is 0 Å². The number of rotatable bonds is 7. The molecule has 1 aliphatic heterocycles. The van der Waals surface area contributed by atoms with Crippen molar-refractivity contribution in [1.29, 1.82) is 5.26 Å². The third kappa shape index (κ3) is 5.50.